The van der Waals surface area contributed by atoms with Crippen molar-refractivity contribution in [2.75, 3.05) is 5.32 Å². The molecule has 0 aliphatic carbocycles. The minimum atomic E-state index is -0.467. The first-order valence-electron chi connectivity index (χ1n) is 4.80. The SMILES string of the molecule is Cc1nnc(NC(=O)c2ncc(F)cc2C)s1. The third-order valence-electron chi connectivity index (χ3n) is 2.01. The van der Waals surface area contributed by atoms with Gasteiger partial charge in [-0.05, 0) is 25.5 Å². The summed E-state index contributed by atoms with van der Waals surface area (Å²) < 4.78 is 12.8. The van der Waals surface area contributed by atoms with Crippen molar-refractivity contribution in [1.29, 1.82) is 0 Å². The number of aromatic nitrogens is 3. The lowest BCUT2D eigenvalue weighted by Crippen LogP contribution is -2.15. The molecule has 0 radical (unpaired) electrons. The van der Waals surface area contributed by atoms with Crippen LogP contribution in [0.1, 0.15) is 21.1 Å². The molecule has 0 aromatic carbocycles. The van der Waals surface area contributed by atoms with Crippen molar-refractivity contribution in [1.82, 2.24) is 15.2 Å². The molecule has 5 nitrogen and oxygen atoms in total. The van der Waals surface area contributed by atoms with Crippen molar-refractivity contribution in [3.05, 3.63) is 34.3 Å². The van der Waals surface area contributed by atoms with Crippen molar-refractivity contribution in [2.45, 2.75) is 13.8 Å². The average Bonchev–Trinajstić information content (AvgIpc) is 2.63. The van der Waals surface area contributed by atoms with Gasteiger partial charge in [0, 0.05) is 0 Å². The van der Waals surface area contributed by atoms with E-state index in [4.69, 9.17) is 0 Å². The summed E-state index contributed by atoms with van der Waals surface area (Å²) in [6, 6.07) is 1.26. The van der Waals surface area contributed by atoms with Crippen LogP contribution in [0, 0.1) is 19.7 Å². The van der Waals surface area contributed by atoms with Gasteiger partial charge in [-0.3, -0.25) is 10.1 Å². The fourth-order valence-corrected chi connectivity index (χ4v) is 1.87. The highest BCUT2D eigenvalue weighted by molar-refractivity contribution is 7.15. The topological polar surface area (TPSA) is 67.8 Å². The van der Waals surface area contributed by atoms with Crippen molar-refractivity contribution in [3.8, 4) is 0 Å². The summed E-state index contributed by atoms with van der Waals surface area (Å²) in [7, 11) is 0. The van der Waals surface area contributed by atoms with Crippen LogP contribution in [-0.4, -0.2) is 21.1 Å². The van der Waals surface area contributed by atoms with Crippen LogP contribution in [-0.2, 0) is 0 Å². The molecule has 2 heterocycles. The Morgan fingerprint density at radius 1 is 1.41 bits per heavy atom. The average molecular weight is 252 g/mol. The maximum absolute atomic E-state index is 12.8. The van der Waals surface area contributed by atoms with Crippen LogP contribution in [0.2, 0.25) is 0 Å². The molecule has 1 amide bonds. The third kappa shape index (κ3) is 2.62. The highest BCUT2D eigenvalue weighted by atomic mass is 32.1. The summed E-state index contributed by atoms with van der Waals surface area (Å²) in [6.45, 7) is 3.41. The molecular formula is C10H9FN4OS. The number of anilines is 1. The Labute approximate surface area is 101 Å². The Morgan fingerprint density at radius 2 is 2.18 bits per heavy atom. The molecule has 0 aliphatic rings. The predicted octanol–water partition coefficient (Wildman–Crippen LogP) is 1.94. The van der Waals surface area contributed by atoms with E-state index in [1.807, 2.05) is 0 Å². The van der Waals surface area contributed by atoms with Crippen LogP contribution in [0.4, 0.5) is 9.52 Å². The number of nitrogens with zero attached hydrogens (tertiary/aromatic N) is 3. The fraction of sp³-hybridized carbons (Fsp3) is 0.200. The third-order valence-corrected chi connectivity index (χ3v) is 2.76. The normalized spacial score (nSPS) is 10.3. The Morgan fingerprint density at radius 3 is 2.76 bits per heavy atom. The lowest BCUT2D eigenvalue weighted by atomic mass is 10.2. The van der Waals surface area contributed by atoms with Crippen LogP contribution in [0.3, 0.4) is 0 Å². The van der Waals surface area contributed by atoms with Gasteiger partial charge < -0.3 is 0 Å². The van der Waals surface area contributed by atoms with Crippen molar-refractivity contribution in [2.24, 2.45) is 0 Å². The molecular weight excluding hydrogens is 243 g/mol. The van der Waals surface area contributed by atoms with Gasteiger partial charge in [0.25, 0.3) is 5.91 Å². The number of hydrogen-bond acceptors (Lipinski definition) is 5. The maximum atomic E-state index is 12.8. The van der Waals surface area contributed by atoms with Gasteiger partial charge in [0.15, 0.2) is 0 Å². The molecule has 0 unspecified atom stereocenters. The Balaban J connectivity index is 2.20. The minimum absolute atomic E-state index is 0.180. The van der Waals surface area contributed by atoms with Crippen molar-refractivity contribution < 1.29 is 9.18 Å². The van der Waals surface area contributed by atoms with Gasteiger partial charge in [0.2, 0.25) is 5.13 Å². The lowest BCUT2D eigenvalue weighted by Gasteiger charge is -2.03. The van der Waals surface area contributed by atoms with Crippen LogP contribution in [0.25, 0.3) is 0 Å². The number of rotatable bonds is 2. The zero-order valence-corrected chi connectivity index (χ0v) is 10.0. The first-order valence-corrected chi connectivity index (χ1v) is 5.61. The minimum Gasteiger partial charge on any atom is -0.295 e. The molecule has 0 bridgehead atoms. The molecule has 0 atom stereocenters. The number of nitrogens with one attached hydrogen (secondary N) is 1. The summed E-state index contributed by atoms with van der Waals surface area (Å²) in [5, 5.41) is 11.3. The van der Waals surface area contributed by atoms with Crippen molar-refractivity contribution in [3.63, 3.8) is 0 Å². The predicted molar refractivity (Wildman–Crippen MR) is 61.5 cm³/mol. The van der Waals surface area contributed by atoms with Gasteiger partial charge in [-0.1, -0.05) is 11.3 Å². The van der Waals surface area contributed by atoms with E-state index in [1.54, 1.807) is 13.8 Å². The molecule has 2 aromatic heterocycles. The zero-order chi connectivity index (χ0) is 12.4. The van der Waals surface area contributed by atoms with Crippen LogP contribution in [0.5, 0.6) is 0 Å². The Kier molecular flexibility index (Phi) is 3.10. The summed E-state index contributed by atoms with van der Waals surface area (Å²) >= 11 is 1.26. The van der Waals surface area contributed by atoms with E-state index in [9.17, 15) is 9.18 Å². The Hall–Kier alpha value is -1.89. The number of carbonyl (C=O) groups is 1. The van der Waals surface area contributed by atoms with Gasteiger partial charge in [-0.2, -0.15) is 0 Å². The van der Waals surface area contributed by atoms with E-state index in [-0.39, 0.29) is 5.69 Å². The first-order chi connectivity index (χ1) is 8.06. The molecule has 7 heteroatoms. The number of carbonyl (C=O) groups excluding carboxylic acids is 1. The number of amides is 1. The van der Waals surface area contributed by atoms with E-state index in [1.165, 1.54) is 17.4 Å². The van der Waals surface area contributed by atoms with E-state index in [0.717, 1.165) is 11.2 Å². The smallest absolute Gasteiger partial charge is 0.276 e. The molecule has 2 aromatic rings. The number of aryl methyl sites for hydroxylation is 2. The maximum Gasteiger partial charge on any atom is 0.276 e. The van der Waals surface area contributed by atoms with Crippen molar-refractivity contribution >= 4 is 22.4 Å². The summed E-state index contributed by atoms with van der Waals surface area (Å²) in [5.74, 6) is -0.885. The lowest BCUT2D eigenvalue weighted by molar-refractivity contribution is 0.102. The molecule has 17 heavy (non-hydrogen) atoms. The Bertz CT molecular complexity index is 569. The quantitative estimate of drug-likeness (QED) is 0.886. The largest absolute Gasteiger partial charge is 0.295 e. The summed E-state index contributed by atoms with van der Waals surface area (Å²) in [5.41, 5.74) is 0.656. The zero-order valence-electron chi connectivity index (χ0n) is 9.19. The van der Waals surface area contributed by atoms with E-state index < -0.39 is 11.7 Å². The number of pyridine rings is 1. The highest BCUT2D eigenvalue weighted by Gasteiger charge is 2.13. The van der Waals surface area contributed by atoms with E-state index >= 15 is 0 Å². The summed E-state index contributed by atoms with van der Waals surface area (Å²) in [6.07, 6.45) is 1.01. The molecule has 0 saturated heterocycles. The molecule has 1 N–H and O–H groups in total. The molecule has 0 aliphatic heterocycles. The van der Waals surface area contributed by atoms with E-state index in [0.29, 0.717) is 10.7 Å². The fourth-order valence-electron chi connectivity index (χ4n) is 1.28. The summed E-state index contributed by atoms with van der Waals surface area (Å²) in [4.78, 5) is 15.5. The first kappa shape index (κ1) is 11.6. The highest BCUT2D eigenvalue weighted by Crippen LogP contribution is 2.15. The molecule has 0 spiro atoms. The van der Waals surface area contributed by atoms with Crippen LogP contribution in [0.15, 0.2) is 12.3 Å². The number of halogens is 1. The van der Waals surface area contributed by atoms with Gasteiger partial charge in [0.1, 0.15) is 16.5 Å². The molecule has 88 valence electrons. The second-order valence-electron chi connectivity index (χ2n) is 3.40. The number of hydrogen-bond donors (Lipinski definition) is 1. The van der Waals surface area contributed by atoms with Crippen LogP contribution < -0.4 is 5.32 Å². The standard InChI is InChI=1S/C10H9FN4OS/c1-5-3-7(11)4-12-8(5)9(16)13-10-15-14-6(2)17-10/h3-4H,1-2H3,(H,13,15,16). The second kappa shape index (κ2) is 4.54. The van der Waals surface area contributed by atoms with Gasteiger partial charge in [-0.15, -0.1) is 10.2 Å². The molecule has 0 saturated carbocycles. The van der Waals surface area contributed by atoms with Gasteiger partial charge in [-0.25, -0.2) is 9.37 Å². The van der Waals surface area contributed by atoms with Crippen LogP contribution >= 0.6 is 11.3 Å². The van der Waals surface area contributed by atoms with E-state index in [2.05, 4.69) is 20.5 Å². The second-order valence-corrected chi connectivity index (χ2v) is 4.58. The molecule has 2 rings (SSSR count). The molecule has 0 fully saturated rings. The van der Waals surface area contributed by atoms with Gasteiger partial charge in [0.05, 0.1) is 6.20 Å². The monoisotopic (exact) mass is 252 g/mol. The van der Waals surface area contributed by atoms with Gasteiger partial charge >= 0.3 is 0 Å².